The van der Waals surface area contributed by atoms with Crippen LogP contribution in [-0.2, 0) is 16.4 Å². The second kappa shape index (κ2) is 10.2. The molecule has 3 rings (SSSR count). The smallest absolute Gasteiger partial charge is 0.208 e. The number of sulfone groups is 1. The van der Waals surface area contributed by atoms with Crippen LogP contribution in [0, 0.1) is 19.8 Å². The van der Waals surface area contributed by atoms with Gasteiger partial charge in [0.05, 0.1) is 22.7 Å². The van der Waals surface area contributed by atoms with Gasteiger partial charge in [0.1, 0.15) is 5.76 Å². The zero-order chi connectivity index (χ0) is 21.2. The summed E-state index contributed by atoms with van der Waals surface area (Å²) in [5, 5.41) is 3.48. The van der Waals surface area contributed by atoms with Crippen molar-refractivity contribution in [2.45, 2.75) is 51.8 Å². The van der Waals surface area contributed by atoms with E-state index in [-0.39, 0.29) is 29.7 Å². The Morgan fingerprint density at radius 2 is 1.93 bits per heavy atom. The second-order valence-corrected chi connectivity index (χ2v) is 11.6. The van der Waals surface area contributed by atoms with Gasteiger partial charge in [-0.2, -0.15) is 0 Å². The third-order valence-corrected chi connectivity index (χ3v) is 8.78. The summed E-state index contributed by atoms with van der Waals surface area (Å²) >= 11 is 0. The van der Waals surface area contributed by atoms with Crippen LogP contribution in [0.5, 0.6) is 0 Å². The molecule has 3 heterocycles. The van der Waals surface area contributed by atoms with Crippen LogP contribution in [0.1, 0.15) is 44.0 Å². The highest BCUT2D eigenvalue weighted by Gasteiger charge is 2.41. The van der Waals surface area contributed by atoms with Crippen LogP contribution in [-0.4, -0.2) is 79.4 Å². The maximum Gasteiger partial charge on any atom is 0.208 e. The van der Waals surface area contributed by atoms with Gasteiger partial charge in [0, 0.05) is 26.7 Å². The third kappa shape index (κ3) is 5.87. The number of nitrogens with one attached hydrogen (secondary N) is 1. The summed E-state index contributed by atoms with van der Waals surface area (Å²) in [4.78, 5) is 13.3. The Labute approximate surface area is 197 Å². The molecule has 30 heavy (non-hydrogen) atoms. The highest BCUT2D eigenvalue weighted by Crippen LogP contribution is 2.24. The first-order chi connectivity index (χ1) is 13.6. The number of nitrogens with zero attached hydrogens (tertiary/aromatic N) is 4. The van der Waals surface area contributed by atoms with E-state index in [2.05, 4.69) is 25.1 Å². The monoisotopic (exact) mass is 553 g/mol. The first-order valence-corrected chi connectivity index (χ1v) is 12.1. The van der Waals surface area contributed by atoms with Crippen molar-refractivity contribution in [1.82, 2.24) is 20.1 Å². The normalized spacial score (nSPS) is 22.6. The van der Waals surface area contributed by atoms with Crippen LogP contribution in [0.4, 0.5) is 0 Å². The molecule has 1 aromatic heterocycles. The van der Waals surface area contributed by atoms with Crippen LogP contribution >= 0.6 is 24.0 Å². The number of oxazole rings is 1. The van der Waals surface area contributed by atoms with E-state index < -0.39 is 14.6 Å². The SMILES string of the molecule is CN=C(NCC1CCN(Cc2nc(C)c(C)o2)CC1)N1CCS(=O)(=O)C(C)(C)C1.I. The van der Waals surface area contributed by atoms with Gasteiger partial charge in [-0.25, -0.2) is 13.4 Å². The molecule has 0 bridgehead atoms. The van der Waals surface area contributed by atoms with E-state index in [1.54, 1.807) is 20.9 Å². The van der Waals surface area contributed by atoms with E-state index in [4.69, 9.17) is 4.42 Å². The Bertz CT molecular complexity index is 825. The Kier molecular flexibility index (Phi) is 8.60. The van der Waals surface area contributed by atoms with Crippen molar-refractivity contribution in [1.29, 1.82) is 0 Å². The van der Waals surface area contributed by atoms with Crippen molar-refractivity contribution in [3.8, 4) is 0 Å². The van der Waals surface area contributed by atoms with Gasteiger partial charge in [-0.1, -0.05) is 0 Å². The molecular weight excluding hydrogens is 517 g/mol. The van der Waals surface area contributed by atoms with Crippen LogP contribution < -0.4 is 5.32 Å². The fourth-order valence-corrected chi connectivity index (χ4v) is 5.41. The van der Waals surface area contributed by atoms with E-state index in [9.17, 15) is 8.42 Å². The summed E-state index contributed by atoms with van der Waals surface area (Å²) in [5.74, 6) is 3.27. The lowest BCUT2D eigenvalue weighted by atomic mass is 9.97. The van der Waals surface area contributed by atoms with E-state index in [0.29, 0.717) is 19.0 Å². The van der Waals surface area contributed by atoms with Gasteiger partial charge in [0.2, 0.25) is 5.89 Å². The van der Waals surface area contributed by atoms with Gasteiger partial charge in [0.15, 0.2) is 15.8 Å². The summed E-state index contributed by atoms with van der Waals surface area (Å²) in [7, 11) is -1.28. The van der Waals surface area contributed by atoms with Gasteiger partial charge in [-0.3, -0.25) is 9.89 Å². The average molecular weight is 554 g/mol. The average Bonchev–Trinajstić information content (AvgIpc) is 2.97. The molecule has 0 amide bonds. The quantitative estimate of drug-likeness (QED) is 0.348. The minimum atomic E-state index is -3.05. The summed E-state index contributed by atoms with van der Waals surface area (Å²) in [5.41, 5.74) is 0.971. The first-order valence-electron chi connectivity index (χ1n) is 10.4. The van der Waals surface area contributed by atoms with Crippen molar-refractivity contribution < 1.29 is 12.8 Å². The molecule has 2 aliphatic rings. The number of likely N-dealkylation sites (tertiary alicyclic amines) is 1. The topological polar surface area (TPSA) is 91.0 Å². The predicted molar refractivity (Wildman–Crippen MR) is 130 cm³/mol. The van der Waals surface area contributed by atoms with Crippen LogP contribution in [0.3, 0.4) is 0 Å². The second-order valence-electron chi connectivity index (χ2n) is 8.90. The molecule has 10 heteroatoms. The fourth-order valence-electron chi connectivity index (χ4n) is 4.04. The molecule has 2 aliphatic heterocycles. The van der Waals surface area contributed by atoms with Crippen LogP contribution in [0.25, 0.3) is 0 Å². The van der Waals surface area contributed by atoms with Crippen molar-refractivity contribution in [2.24, 2.45) is 10.9 Å². The predicted octanol–water partition coefficient (Wildman–Crippen LogP) is 2.21. The highest BCUT2D eigenvalue weighted by molar-refractivity contribution is 14.0. The molecular formula is C20H36IN5O3S. The Balaban J connectivity index is 0.00000320. The molecule has 0 aliphatic carbocycles. The standard InChI is InChI=1S/C20H35N5O3S.HI/c1-15-16(2)28-18(23-15)13-24-8-6-17(7-9-24)12-22-19(21-5)25-10-11-29(26,27)20(3,4)14-25;/h17H,6-14H2,1-5H3,(H,21,22);1H. The number of guanidine groups is 1. The zero-order valence-electron chi connectivity index (χ0n) is 18.8. The number of piperidine rings is 1. The number of aryl methyl sites for hydroxylation is 2. The number of hydrogen-bond acceptors (Lipinski definition) is 6. The minimum absolute atomic E-state index is 0. The number of rotatable bonds is 4. The molecule has 0 aromatic carbocycles. The number of aliphatic imine (C=N–C) groups is 1. The van der Waals surface area contributed by atoms with Crippen molar-refractivity contribution in [3.05, 3.63) is 17.3 Å². The lowest BCUT2D eigenvalue weighted by Crippen LogP contribution is -2.57. The Morgan fingerprint density at radius 3 is 2.47 bits per heavy atom. The summed E-state index contributed by atoms with van der Waals surface area (Å²) < 4.78 is 29.4. The van der Waals surface area contributed by atoms with E-state index in [1.165, 1.54) is 0 Å². The maximum atomic E-state index is 12.2. The van der Waals surface area contributed by atoms with Crippen molar-refractivity contribution >= 4 is 39.8 Å². The van der Waals surface area contributed by atoms with E-state index in [0.717, 1.165) is 62.3 Å². The summed E-state index contributed by atoms with van der Waals surface area (Å²) in [6.07, 6.45) is 2.23. The highest BCUT2D eigenvalue weighted by atomic mass is 127. The largest absolute Gasteiger partial charge is 0.444 e. The van der Waals surface area contributed by atoms with Crippen LogP contribution in [0.15, 0.2) is 9.41 Å². The van der Waals surface area contributed by atoms with Crippen molar-refractivity contribution in [2.75, 3.05) is 45.5 Å². The zero-order valence-corrected chi connectivity index (χ0v) is 21.9. The molecule has 8 nitrogen and oxygen atoms in total. The van der Waals surface area contributed by atoms with Gasteiger partial charge in [0.25, 0.3) is 0 Å². The fraction of sp³-hybridized carbons (Fsp3) is 0.800. The molecule has 0 radical (unpaired) electrons. The number of hydrogen-bond donors (Lipinski definition) is 1. The third-order valence-electron chi connectivity index (χ3n) is 6.24. The summed E-state index contributed by atoms with van der Waals surface area (Å²) in [6, 6.07) is 0. The lowest BCUT2D eigenvalue weighted by molar-refractivity contribution is 0.163. The van der Waals surface area contributed by atoms with Crippen molar-refractivity contribution in [3.63, 3.8) is 0 Å². The molecule has 2 saturated heterocycles. The molecule has 0 spiro atoms. The van der Waals surface area contributed by atoms with Gasteiger partial charge in [-0.15, -0.1) is 24.0 Å². The summed E-state index contributed by atoms with van der Waals surface area (Å²) in [6.45, 7) is 12.2. The minimum Gasteiger partial charge on any atom is -0.444 e. The van der Waals surface area contributed by atoms with Gasteiger partial charge < -0.3 is 14.6 Å². The lowest BCUT2D eigenvalue weighted by Gasteiger charge is -2.39. The molecule has 172 valence electrons. The molecule has 1 aromatic rings. The molecule has 0 unspecified atom stereocenters. The maximum absolute atomic E-state index is 12.2. The first kappa shape index (κ1) is 25.4. The molecule has 1 N–H and O–H groups in total. The molecule has 2 fully saturated rings. The van der Waals surface area contributed by atoms with E-state index in [1.807, 2.05) is 13.8 Å². The molecule has 0 atom stereocenters. The van der Waals surface area contributed by atoms with Crippen LogP contribution in [0.2, 0.25) is 0 Å². The van der Waals surface area contributed by atoms with E-state index >= 15 is 0 Å². The van der Waals surface area contributed by atoms with Gasteiger partial charge >= 0.3 is 0 Å². The Morgan fingerprint density at radius 1 is 1.27 bits per heavy atom. The number of aromatic nitrogens is 1. The Hall–Kier alpha value is -0.880. The molecule has 0 saturated carbocycles. The number of halogens is 1. The van der Waals surface area contributed by atoms with Gasteiger partial charge in [-0.05, 0) is 59.5 Å².